The average molecular weight is 254 g/mol. The molecule has 0 spiro atoms. The third kappa shape index (κ3) is 2.94. The molecule has 2 saturated heterocycles. The molecule has 0 aromatic rings. The SMILES string of the molecule is CC(C)(C)OC(=O)N1CC(C2CCCNC2=O)C1. The van der Waals surface area contributed by atoms with Gasteiger partial charge in [0.2, 0.25) is 5.91 Å². The van der Waals surface area contributed by atoms with Crippen LogP contribution in [0, 0.1) is 11.8 Å². The van der Waals surface area contributed by atoms with Crippen molar-refractivity contribution in [3.8, 4) is 0 Å². The largest absolute Gasteiger partial charge is 0.444 e. The molecular weight excluding hydrogens is 232 g/mol. The lowest BCUT2D eigenvalue weighted by molar-refractivity contribution is -0.131. The molecule has 102 valence electrons. The first kappa shape index (κ1) is 13.2. The molecule has 5 nitrogen and oxygen atoms in total. The lowest BCUT2D eigenvalue weighted by Gasteiger charge is -2.43. The molecule has 0 saturated carbocycles. The minimum absolute atomic E-state index is 0.0810. The second-order valence-corrected chi connectivity index (χ2v) is 6.19. The summed E-state index contributed by atoms with van der Waals surface area (Å²) in [4.78, 5) is 25.1. The molecule has 2 rings (SSSR count). The quantitative estimate of drug-likeness (QED) is 0.769. The number of ether oxygens (including phenoxy) is 1. The van der Waals surface area contributed by atoms with Crippen molar-refractivity contribution in [1.82, 2.24) is 10.2 Å². The van der Waals surface area contributed by atoms with E-state index in [0.717, 1.165) is 19.4 Å². The molecule has 1 N–H and O–H groups in total. The Hall–Kier alpha value is -1.26. The molecule has 0 bridgehead atoms. The standard InChI is InChI=1S/C13H22N2O3/c1-13(2,3)18-12(17)15-7-9(8-15)10-5-4-6-14-11(10)16/h9-10H,4-8H2,1-3H3,(H,14,16). The second kappa shape index (κ2) is 4.78. The van der Waals surface area contributed by atoms with Crippen LogP contribution in [0.15, 0.2) is 0 Å². The Kier molecular flexibility index (Phi) is 3.50. The monoisotopic (exact) mass is 254 g/mol. The smallest absolute Gasteiger partial charge is 0.410 e. The number of rotatable bonds is 1. The summed E-state index contributed by atoms with van der Waals surface area (Å²) in [5, 5.41) is 2.89. The maximum atomic E-state index is 11.8. The summed E-state index contributed by atoms with van der Waals surface area (Å²) in [5.74, 6) is 0.533. The highest BCUT2D eigenvalue weighted by Crippen LogP contribution is 2.30. The number of carbonyl (C=O) groups excluding carboxylic acids is 2. The number of piperidine rings is 1. The zero-order valence-corrected chi connectivity index (χ0v) is 11.4. The maximum absolute atomic E-state index is 11.8. The maximum Gasteiger partial charge on any atom is 0.410 e. The fourth-order valence-corrected chi connectivity index (χ4v) is 2.49. The van der Waals surface area contributed by atoms with Crippen LogP contribution in [0.3, 0.4) is 0 Å². The first-order valence-corrected chi connectivity index (χ1v) is 6.62. The topological polar surface area (TPSA) is 58.6 Å². The van der Waals surface area contributed by atoms with Crippen molar-refractivity contribution in [3.63, 3.8) is 0 Å². The highest BCUT2D eigenvalue weighted by Gasteiger charge is 2.41. The van der Waals surface area contributed by atoms with Crippen molar-refractivity contribution in [3.05, 3.63) is 0 Å². The van der Waals surface area contributed by atoms with Crippen LogP contribution in [0.4, 0.5) is 4.79 Å². The minimum Gasteiger partial charge on any atom is -0.444 e. The van der Waals surface area contributed by atoms with E-state index in [-0.39, 0.29) is 17.9 Å². The van der Waals surface area contributed by atoms with Gasteiger partial charge in [0.15, 0.2) is 0 Å². The minimum atomic E-state index is -0.454. The Balaban J connectivity index is 1.79. The fraction of sp³-hybridized carbons (Fsp3) is 0.846. The van der Waals surface area contributed by atoms with Crippen molar-refractivity contribution >= 4 is 12.0 Å². The Morgan fingerprint density at radius 1 is 1.39 bits per heavy atom. The van der Waals surface area contributed by atoms with E-state index < -0.39 is 5.60 Å². The third-order valence-corrected chi connectivity index (χ3v) is 3.46. The number of hydrogen-bond donors (Lipinski definition) is 1. The molecule has 2 heterocycles. The lowest BCUT2D eigenvalue weighted by Crippen LogP contribution is -2.57. The van der Waals surface area contributed by atoms with Crippen molar-refractivity contribution in [2.24, 2.45) is 11.8 Å². The van der Waals surface area contributed by atoms with Crippen LogP contribution < -0.4 is 5.32 Å². The zero-order chi connectivity index (χ0) is 13.3. The molecular formula is C13H22N2O3. The Bertz CT molecular complexity index is 343. The van der Waals surface area contributed by atoms with E-state index in [4.69, 9.17) is 4.74 Å². The van der Waals surface area contributed by atoms with Gasteiger partial charge in [-0.2, -0.15) is 0 Å². The van der Waals surface area contributed by atoms with Crippen LogP contribution in [-0.2, 0) is 9.53 Å². The molecule has 0 aromatic carbocycles. The first-order chi connectivity index (χ1) is 8.37. The van der Waals surface area contributed by atoms with Crippen molar-refractivity contribution in [1.29, 1.82) is 0 Å². The van der Waals surface area contributed by atoms with Crippen LogP contribution in [0.2, 0.25) is 0 Å². The van der Waals surface area contributed by atoms with Gasteiger partial charge in [0.05, 0.1) is 0 Å². The summed E-state index contributed by atoms with van der Waals surface area (Å²) in [6.07, 6.45) is 1.72. The van der Waals surface area contributed by atoms with Crippen molar-refractivity contribution < 1.29 is 14.3 Å². The second-order valence-electron chi connectivity index (χ2n) is 6.19. The van der Waals surface area contributed by atoms with Gasteiger partial charge in [-0.1, -0.05) is 0 Å². The van der Waals surface area contributed by atoms with Gasteiger partial charge in [0.25, 0.3) is 0 Å². The molecule has 0 radical (unpaired) electrons. The van der Waals surface area contributed by atoms with E-state index in [0.29, 0.717) is 19.0 Å². The number of nitrogens with one attached hydrogen (secondary N) is 1. The van der Waals surface area contributed by atoms with Gasteiger partial charge in [0.1, 0.15) is 5.60 Å². The van der Waals surface area contributed by atoms with Crippen LogP contribution in [0.25, 0.3) is 0 Å². The first-order valence-electron chi connectivity index (χ1n) is 6.62. The summed E-state index contributed by atoms with van der Waals surface area (Å²) in [7, 11) is 0. The van der Waals surface area contributed by atoms with E-state index in [2.05, 4.69) is 5.32 Å². The highest BCUT2D eigenvalue weighted by atomic mass is 16.6. The molecule has 1 unspecified atom stereocenters. The van der Waals surface area contributed by atoms with Crippen LogP contribution in [0.1, 0.15) is 33.6 Å². The van der Waals surface area contributed by atoms with Crippen LogP contribution >= 0.6 is 0 Å². The molecule has 1 atom stereocenters. The predicted molar refractivity (Wildman–Crippen MR) is 67.0 cm³/mol. The number of likely N-dealkylation sites (tertiary alicyclic amines) is 1. The third-order valence-electron chi connectivity index (χ3n) is 3.46. The molecule has 2 amide bonds. The highest BCUT2D eigenvalue weighted by molar-refractivity contribution is 5.80. The predicted octanol–water partition coefficient (Wildman–Crippen LogP) is 1.38. The molecule has 2 aliphatic rings. The molecule has 18 heavy (non-hydrogen) atoms. The lowest BCUT2D eigenvalue weighted by atomic mass is 9.81. The van der Waals surface area contributed by atoms with Gasteiger partial charge in [-0.3, -0.25) is 4.79 Å². The summed E-state index contributed by atoms with van der Waals surface area (Å²) in [5.41, 5.74) is -0.454. The molecule has 2 fully saturated rings. The Morgan fingerprint density at radius 2 is 2.06 bits per heavy atom. The molecule has 5 heteroatoms. The van der Waals surface area contributed by atoms with Gasteiger partial charge >= 0.3 is 6.09 Å². The van der Waals surface area contributed by atoms with E-state index in [1.54, 1.807) is 4.90 Å². The van der Waals surface area contributed by atoms with Gasteiger partial charge in [-0.15, -0.1) is 0 Å². The van der Waals surface area contributed by atoms with Gasteiger partial charge in [0, 0.05) is 31.5 Å². The summed E-state index contributed by atoms with van der Waals surface area (Å²) < 4.78 is 5.29. The number of nitrogens with zero attached hydrogens (tertiary/aromatic N) is 1. The Morgan fingerprint density at radius 3 is 2.61 bits per heavy atom. The number of hydrogen-bond acceptors (Lipinski definition) is 3. The average Bonchev–Trinajstić information content (AvgIpc) is 2.15. The number of amides is 2. The van der Waals surface area contributed by atoms with Gasteiger partial charge in [-0.25, -0.2) is 4.79 Å². The molecule has 0 aliphatic carbocycles. The summed E-state index contributed by atoms with van der Waals surface area (Å²) in [6.45, 7) is 7.65. The van der Waals surface area contributed by atoms with Crippen LogP contribution in [-0.4, -0.2) is 42.1 Å². The van der Waals surface area contributed by atoms with Crippen molar-refractivity contribution in [2.45, 2.75) is 39.2 Å². The van der Waals surface area contributed by atoms with E-state index >= 15 is 0 Å². The fourth-order valence-electron chi connectivity index (χ4n) is 2.49. The van der Waals surface area contributed by atoms with Gasteiger partial charge < -0.3 is 15.0 Å². The zero-order valence-electron chi connectivity index (χ0n) is 11.4. The summed E-state index contributed by atoms with van der Waals surface area (Å²) in [6, 6.07) is 0. The van der Waals surface area contributed by atoms with Crippen LogP contribution in [0.5, 0.6) is 0 Å². The van der Waals surface area contributed by atoms with E-state index in [1.165, 1.54) is 0 Å². The molecule has 0 aromatic heterocycles. The van der Waals surface area contributed by atoms with E-state index in [9.17, 15) is 9.59 Å². The molecule has 2 aliphatic heterocycles. The number of carbonyl (C=O) groups is 2. The Labute approximate surface area is 108 Å². The van der Waals surface area contributed by atoms with Gasteiger partial charge in [-0.05, 0) is 33.6 Å². The van der Waals surface area contributed by atoms with Crippen molar-refractivity contribution in [2.75, 3.05) is 19.6 Å². The van der Waals surface area contributed by atoms with E-state index in [1.807, 2.05) is 20.8 Å². The normalized spacial score (nSPS) is 25.4. The summed E-state index contributed by atoms with van der Waals surface area (Å²) >= 11 is 0.